The summed E-state index contributed by atoms with van der Waals surface area (Å²) in [4.78, 5) is 0. The Labute approximate surface area is 93.3 Å². The van der Waals surface area contributed by atoms with Crippen molar-refractivity contribution >= 4 is 44.0 Å². The lowest BCUT2D eigenvalue weighted by Gasteiger charge is -1.97. The van der Waals surface area contributed by atoms with Gasteiger partial charge >= 0.3 is 0 Å². The zero-order valence-electron chi connectivity index (χ0n) is 6.87. The molecule has 0 unspecified atom stereocenters. The standard InChI is InChI=1S/C9H7IO2S/c1-12-8-6-4-5(11)2-3-7(6)13-9(8)10/h2-4,11H,1H3. The van der Waals surface area contributed by atoms with E-state index < -0.39 is 0 Å². The van der Waals surface area contributed by atoms with Crippen molar-refractivity contribution in [1.82, 2.24) is 0 Å². The molecule has 0 bridgehead atoms. The van der Waals surface area contributed by atoms with Crippen LogP contribution < -0.4 is 4.74 Å². The predicted molar refractivity (Wildman–Crippen MR) is 62.8 cm³/mol. The second-order valence-corrected chi connectivity index (χ2v) is 5.45. The van der Waals surface area contributed by atoms with Gasteiger partial charge in [0.05, 0.1) is 7.11 Å². The fourth-order valence-corrected chi connectivity index (χ4v) is 3.32. The molecule has 2 nitrogen and oxygen atoms in total. The number of thiophene rings is 1. The average molecular weight is 306 g/mol. The van der Waals surface area contributed by atoms with E-state index >= 15 is 0 Å². The normalized spacial score (nSPS) is 10.6. The molecule has 2 aromatic rings. The lowest BCUT2D eigenvalue weighted by Crippen LogP contribution is -1.81. The van der Waals surface area contributed by atoms with Gasteiger partial charge in [-0.25, -0.2) is 0 Å². The molecule has 0 aliphatic carbocycles. The third kappa shape index (κ3) is 1.48. The minimum atomic E-state index is 0.278. The van der Waals surface area contributed by atoms with Gasteiger partial charge in [-0.05, 0) is 40.8 Å². The molecule has 0 aliphatic heterocycles. The summed E-state index contributed by atoms with van der Waals surface area (Å²) >= 11 is 3.90. The lowest BCUT2D eigenvalue weighted by molar-refractivity contribution is 0.418. The van der Waals surface area contributed by atoms with E-state index in [0.717, 1.165) is 18.7 Å². The van der Waals surface area contributed by atoms with Crippen molar-refractivity contribution in [2.45, 2.75) is 0 Å². The number of phenols is 1. The predicted octanol–water partition coefficient (Wildman–Crippen LogP) is 3.22. The first-order valence-electron chi connectivity index (χ1n) is 3.67. The summed E-state index contributed by atoms with van der Waals surface area (Å²) in [5.74, 6) is 1.14. The fraction of sp³-hybridized carbons (Fsp3) is 0.111. The summed E-state index contributed by atoms with van der Waals surface area (Å²) in [6.45, 7) is 0. The van der Waals surface area contributed by atoms with Gasteiger partial charge in [-0.3, -0.25) is 0 Å². The molecule has 0 spiro atoms. The summed E-state index contributed by atoms with van der Waals surface area (Å²) in [6, 6.07) is 5.32. The maximum Gasteiger partial charge on any atom is 0.150 e. The van der Waals surface area contributed by atoms with Crippen LogP contribution in [-0.2, 0) is 0 Å². The number of ether oxygens (including phenoxy) is 1. The van der Waals surface area contributed by atoms with Crippen molar-refractivity contribution in [1.29, 1.82) is 0 Å². The summed E-state index contributed by atoms with van der Waals surface area (Å²) in [7, 11) is 1.65. The molecule has 2 rings (SSSR count). The van der Waals surface area contributed by atoms with Crippen molar-refractivity contribution in [3.05, 3.63) is 21.1 Å². The zero-order chi connectivity index (χ0) is 9.42. The Morgan fingerprint density at radius 3 is 2.92 bits per heavy atom. The molecule has 0 aliphatic rings. The molecular weight excluding hydrogens is 299 g/mol. The van der Waals surface area contributed by atoms with Crippen LogP contribution in [-0.4, -0.2) is 12.2 Å². The molecule has 0 amide bonds. The summed E-state index contributed by atoms with van der Waals surface area (Å²) in [5, 5.41) is 10.3. The highest BCUT2D eigenvalue weighted by Crippen LogP contribution is 2.39. The van der Waals surface area contributed by atoms with E-state index in [1.54, 1.807) is 30.6 Å². The van der Waals surface area contributed by atoms with Gasteiger partial charge in [-0.2, -0.15) is 0 Å². The number of hydrogen-bond acceptors (Lipinski definition) is 3. The van der Waals surface area contributed by atoms with Crippen LogP contribution in [0, 0.1) is 2.88 Å². The summed E-state index contributed by atoms with van der Waals surface area (Å²) in [5.41, 5.74) is 0. The first-order chi connectivity index (χ1) is 6.22. The highest BCUT2D eigenvalue weighted by Gasteiger charge is 2.10. The summed E-state index contributed by atoms with van der Waals surface area (Å²) in [6.07, 6.45) is 0. The van der Waals surface area contributed by atoms with E-state index in [9.17, 15) is 5.11 Å². The zero-order valence-corrected chi connectivity index (χ0v) is 9.85. The van der Waals surface area contributed by atoms with Crippen molar-refractivity contribution in [3.8, 4) is 11.5 Å². The van der Waals surface area contributed by atoms with E-state index in [0.29, 0.717) is 0 Å². The van der Waals surface area contributed by atoms with Crippen molar-refractivity contribution in [2.24, 2.45) is 0 Å². The Morgan fingerprint density at radius 2 is 2.23 bits per heavy atom. The molecule has 0 saturated carbocycles. The molecule has 0 fully saturated rings. The minimum Gasteiger partial charge on any atom is -0.508 e. The highest BCUT2D eigenvalue weighted by molar-refractivity contribution is 14.1. The Bertz CT molecular complexity index is 450. The van der Waals surface area contributed by atoms with Crippen molar-refractivity contribution in [3.63, 3.8) is 0 Å². The number of hydrogen-bond donors (Lipinski definition) is 1. The molecule has 1 aromatic carbocycles. The molecule has 0 radical (unpaired) electrons. The van der Waals surface area contributed by atoms with Crippen LogP contribution in [0.5, 0.6) is 11.5 Å². The molecule has 68 valence electrons. The van der Waals surface area contributed by atoms with Crippen molar-refractivity contribution in [2.75, 3.05) is 7.11 Å². The Morgan fingerprint density at radius 1 is 1.46 bits per heavy atom. The molecular formula is C9H7IO2S. The largest absolute Gasteiger partial charge is 0.508 e. The van der Waals surface area contributed by atoms with Gasteiger partial charge < -0.3 is 9.84 Å². The van der Waals surface area contributed by atoms with Crippen LogP contribution in [0.4, 0.5) is 0 Å². The van der Waals surface area contributed by atoms with Gasteiger partial charge in [-0.1, -0.05) is 0 Å². The van der Waals surface area contributed by atoms with E-state index in [-0.39, 0.29) is 5.75 Å². The highest BCUT2D eigenvalue weighted by atomic mass is 127. The molecule has 1 N–H and O–H groups in total. The second-order valence-electron chi connectivity index (χ2n) is 2.59. The maximum absolute atomic E-state index is 9.31. The molecule has 0 atom stereocenters. The third-order valence-electron chi connectivity index (χ3n) is 1.79. The van der Waals surface area contributed by atoms with Gasteiger partial charge in [-0.15, -0.1) is 11.3 Å². The van der Waals surface area contributed by atoms with Crippen molar-refractivity contribution < 1.29 is 9.84 Å². The van der Waals surface area contributed by atoms with Crippen LogP contribution >= 0.6 is 33.9 Å². The van der Waals surface area contributed by atoms with E-state index in [4.69, 9.17) is 4.74 Å². The van der Waals surface area contributed by atoms with Gasteiger partial charge in [0.15, 0.2) is 5.75 Å². The maximum atomic E-state index is 9.31. The van der Waals surface area contributed by atoms with Crippen LogP contribution in [0.25, 0.3) is 10.1 Å². The first kappa shape index (κ1) is 9.08. The fourth-order valence-electron chi connectivity index (χ4n) is 1.22. The number of halogens is 1. The Hall–Kier alpha value is -0.490. The SMILES string of the molecule is COc1c(I)sc2ccc(O)cc12. The van der Waals surface area contributed by atoms with Gasteiger partial charge in [0.25, 0.3) is 0 Å². The first-order valence-corrected chi connectivity index (χ1v) is 5.57. The molecule has 0 saturated heterocycles. The molecule has 1 aromatic heterocycles. The topological polar surface area (TPSA) is 29.5 Å². The molecule has 13 heavy (non-hydrogen) atoms. The second kappa shape index (κ2) is 3.34. The van der Waals surface area contributed by atoms with Crippen LogP contribution in [0.2, 0.25) is 0 Å². The number of benzene rings is 1. The van der Waals surface area contributed by atoms with Gasteiger partial charge in [0.2, 0.25) is 0 Å². The average Bonchev–Trinajstić information content (AvgIpc) is 2.40. The Balaban J connectivity index is 2.80. The monoisotopic (exact) mass is 306 g/mol. The molecule has 1 heterocycles. The lowest BCUT2D eigenvalue weighted by atomic mass is 10.2. The number of rotatable bonds is 1. The van der Waals surface area contributed by atoms with E-state index in [1.165, 1.54) is 0 Å². The molecule has 4 heteroatoms. The number of aromatic hydroxyl groups is 1. The van der Waals surface area contributed by atoms with Crippen LogP contribution in [0.15, 0.2) is 18.2 Å². The van der Waals surface area contributed by atoms with Gasteiger partial charge in [0.1, 0.15) is 8.63 Å². The number of phenolic OH excluding ortho intramolecular Hbond substituents is 1. The van der Waals surface area contributed by atoms with Crippen LogP contribution in [0.3, 0.4) is 0 Å². The Kier molecular flexibility index (Phi) is 2.33. The smallest absolute Gasteiger partial charge is 0.150 e. The van der Waals surface area contributed by atoms with E-state index in [2.05, 4.69) is 22.6 Å². The number of methoxy groups -OCH3 is 1. The van der Waals surface area contributed by atoms with E-state index in [1.807, 2.05) is 6.07 Å². The van der Waals surface area contributed by atoms with Gasteiger partial charge in [0, 0.05) is 10.1 Å². The van der Waals surface area contributed by atoms with Crippen LogP contribution in [0.1, 0.15) is 0 Å². The minimum absolute atomic E-state index is 0.278. The number of fused-ring (bicyclic) bond motifs is 1. The summed E-state index contributed by atoms with van der Waals surface area (Å²) < 4.78 is 7.49. The quantitative estimate of drug-likeness (QED) is 0.820. The third-order valence-corrected chi connectivity index (χ3v) is 3.88.